The van der Waals surface area contributed by atoms with Gasteiger partial charge in [0.15, 0.2) is 0 Å². The lowest BCUT2D eigenvalue weighted by Crippen LogP contribution is -2.46. The first kappa shape index (κ1) is 22.5. The predicted octanol–water partition coefficient (Wildman–Crippen LogP) is 2.56. The number of likely N-dealkylation sites (N-methyl/N-ethyl adjacent to an activating group) is 1. The Balaban J connectivity index is 0.000000487. The van der Waals surface area contributed by atoms with Gasteiger partial charge in [0.25, 0.3) is 0 Å². The molecule has 1 saturated heterocycles. The van der Waals surface area contributed by atoms with E-state index >= 15 is 0 Å². The summed E-state index contributed by atoms with van der Waals surface area (Å²) in [5.41, 5.74) is 0. The molecule has 146 valence electrons. The predicted molar refractivity (Wildman–Crippen MR) is 100 cm³/mol. The molecule has 0 atom stereocenters. The van der Waals surface area contributed by atoms with Crippen molar-refractivity contribution in [3.63, 3.8) is 0 Å². The second kappa shape index (κ2) is 12.0. The van der Waals surface area contributed by atoms with Crippen LogP contribution in [-0.2, 0) is 9.59 Å². The number of halogens is 2. The van der Waals surface area contributed by atoms with E-state index in [0.717, 1.165) is 25.3 Å². The molecule has 1 aromatic rings. The highest BCUT2D eigenvalue weighted by atomic mass is 35.5. The number of aliphatic carboxylic acids is 2. The van der Waals surface area contributed by atoms with Crippen LogP contribution in [0.2, 0.25) is 10.0 Å². The molecule has 1 heterocycles. The lowest BCUT2D eigenvalue weighted by atomic mass is 10.3. The summed E-state index contributed by atoms with van der Waals surface area (Å²) in [6.07, 6.45) is 1.03. The molecule has 0 radical (unpaired) electrons. The van der Waals surface area contributed by atoms with Gasteiger partial charge in [-0.15, -0.1) is 0 Å². The lowest BCUT2D eigenvalue weighted by molar-refractivity contribution is -0.159. The van der Waals surface area contributed by atoms with Crippen molar-refractivity contribution >= 4 is 35.1 Å². The largest absolute Gasteiger partial charge is 0.493 e. The molecule has 0 amide bonds. The molecular formula is C17H24Cl2N2O5. The molecule has 0 unspecified atom stereocenters. The van der Waals surface area contributed by atoms with Gasteiger partial charge < -0.3 is 24.7 Å². The fourth-order valence-electron chi connectivity index (χ4n) is 2.37. The Hall–Kier alpha value is -1.54. The fraction of sp³-hybridized carbons (Fsp3) is 0.529. The van der Waals surface area contributed by atoms with Crippen LogP contribution in [-0.4, -0.2) is 77.8 Å². The fourth-order valence-corrected chi connectivity index (χ4v) is 2.66. The third-order valence-corrected chi connectivity index (χ3v) is 4.61. The summed E-state index contributed by atoms with van der Waals surface area (Å²) < 4.78 is 5.70. The number of rotatable bonds is 6. The summed E-state index contributed by atoms with van der Waals surface area (Å²) in [5.74, 6) is -2.86. The first-order valence-electron chi connectivity index (χ1n) is 8.32. The molecule has 26 heavy (non-hydrogen) atoms. The molecule has 0 spiro atoms. The van der Waals surface area contributed by atoms with E-state index in [1.54, 1.807) is 12.1 Å². The van der Waals surface area contributed by atoms with E-state index in [-0.39, 0.29) is 0 Å². The minimum Gasteiger partial charge on any atom is -0.493 e. The highest BCUT2D eigenvalue weighted by molar-refractivity contribution is 6.42. The van der Waals surface area contributed by atoms with E-state index in [4.69, 9.17) is 47.7 Å². The van der Waals surface area contributed by atoms with E-state index in [1.165, 1.54) is 26.2 Å². The van der Waals surface area contributed by atoms with E-state index in [1.807, 2.05) is 6.07 Å². The van der Waals surface area contributed by atoms with Crippen molar-refractivity contribution < 1.29 is 24.5 Å². The van der Waals surface area contributed by atoms with Gasteiger partial charge in [0, 0.05) is 38.8 Å². The summed E-state index contributed by atoms with van der Waals surface area (Å²) in [4.78, 5) is 23.2. The maximum atomic E-state index is 9.10. The van der Waals surface area contributed by atoms with Crippen molar-refractivity contribution in [2.45, 2.75) is 13.3 Å². The maximum absolute atomic E-state index is 9.10. The van der Waals surface area contributed by atoms with Gasteiger partial charge in [-0.25, -0.2) is 9.59 Å². The van der Waals surface area contributed by atoms with Crippen molar-refractivity contribution in [2.75, 3.05) is 45.9 Å². The van der Waals surface area contributed by atoms with E-state index in [0.29, 0.717) is 16.7 Å². The lowest BCUT2D eigenvalue weighted by Gasteiger charge is -2.33. The highest BCUT2D eigenvalue weighted by Gasteiger charge is 2.14. The Labute approximate surface area is 163 Å². The van der Waals surface area contributed by atoms with E-state index in [9.17, 15) is 0 Å². The van der Waals surface area contributed by atoms with Crippen LogP contribution in [0.15, 0.2) is 18.2 Å². The molecular weight excluding hydrogens is 383 g/mol. The summed E-state index contributed by atoms with van der Waals surface area (Å²) in [7, 11) is 0. The second-order valence-electron chi connectivity index (χ2n) is 5.66. The quantitative estimate of drug-likeness (QED) is 0.553. The van der Waals surface area contributed by atoms with Crippen LogP contribution in [0, 0.1) is 0 Å². The molecule has 7 nitrogen and oxygen atoms in total. The minimum absolute atomic E-state index is 0.542. The molecule has 1 aliphatic rings. The zero-order valence-corrected chi connectivity index (χ0v) is 16.2. The van der Waals surface area contributed by atoms with Crippen molar-refractivity contribution in [3.8, 4) is 5.75 Å². The standard InChI is InChI=1S/C15H22Cl2N2O.C2H2O4/c1-2-18-7-9-19(10-8-18)6-3-11-20-13-4-5-14(16)15(17)12-13;3-1(4)2(5)6/h4-5,12H,2-3,6-11H2,1H3;(H,3,4)(H,5,6). The van der Waals surface area contributed by atoms with Crippen molar-refractivity contribution in [2.24, 2.45) is 0 Å². The van der Waals surface area contributed by atoms with Crippen LogP contribution < -0.4 is 4.74 Å². The van der Waals surface area contributed by atoms with Crippen LogP contribution in [0.1, 0.15) is 13.3 Å². The summed E-state index contributed by atoms with van der Waals surface area (Å²) in [6, 6.07) is 5.39. The molecule has 0 aliphatic carbocycles. The summed E-state index contributed by atoms with van der Waals surface area (Å²) in [5, 5.41) is 15.9. The zero-order chi connectivity index (χ0) is 19.5. The molecule has 0 aromatic heterocycles. The van der Waals surface area contributed by atoms with Gasteiger partial charge in [0.2, 0.25) is 0 Å². The van der Waals surface area contributed by atoms with Gasteiger partial charge in [-0.2, -0.15) is 0 Å². The molecule has 2 N–H and O–H groups in total. The average molecular weight is 407 g/mol. The maximum Gasteiger partial charge on any atom is 0.414 e. The molecule has 9 heteroatoms. The molecule has 1 aliphatic heterocycles. The van der Waals surface area contributed by atoms with Crippen LogP contribution in [0.4, 0.5) is 0 Å². The normalized spacial score (nSPS) is 15.0. The van der Waals surface area contributed by atoms with E-state index in [2.05, 4.69) is 16.7 Å². The minimum atomic E-state index is -1.82. The Kier molecular flexibility index (Phi) is 10.3. The van der Waals surface area contributed by atoms with Crippen molar-refractivity contribution in [1.29, 1.82) is 0 Å². The monoisotopic (exact) mass is 406 g/mol. The van der Waals surface area contributed by atoms with Gasteiger partial charge in [0.1, 0.15) is 5.75 Å². The molecule has 1 fully saturated rings. The number of ether oxygens (including phenoxy) is 1. The number of nitrogens with zero attached hydrogens (tertiary/aromatic N) is 2. The number of carboxylic acid groups (broad SMARTS) is 2. The van der Waals surface area contributed by atoms with Crippen molar-refractivity contribution in [1.82, 2.24) is 9.80 Å². The topological polar surface area (TPSA) is 90.3 Å². The van der Waals surface area contributed by atoms with Crippen LogP contribution in [0.3, 0.4) is 0 Å². The molecule has 1 aromatic carbocycles. The van der Waals surface area contributed by atoms with Gasteiger partial charge in [-0.3, -0.25) is 0 Å². The number of carboxylic acids is 2. The SMILES string of the molecule is CCN1CCN(CCCOc2ccc(Cl)c(Cl)c2)CC1.O=C(O)C(=O)O. The molecule has 2 rings (SSSR count). The third kappa shape index (κ3) is 8.71. The Morgan fingerprint density at radius 1 is 1.04 bits per heavy atom. The number of benzene rings is 1. The first-order chi connectivity index (χ1) is 12.3. The first-order valence-corrected chi connectivity index (χ1v) is 9.07. The highest BCUT2D eigenvalue weighted by Crippen LogP contribution is 2.26. The number of hydrogen-bond acceptors (Lipinski definition) is 5. The molecule has 0 bridgehead atoms. The van der Waals surface area contributed by atoms with Crippen molar-refractivity contribution in [3.05, 3.63) is 28.2 Å². The smallest absolute Gasteiger partial charge is 0.414 e. The second-order valence-corrected chi connectivity index (χ2v) is 6.48. The number of piperazine rings is 1. The summed E-state index contributed by atoms with van der Waals surface area (Å²) in [6.45, 7) is 9.90. The van der Waals surface area contributed by atoms with Gasteiger partial charge >= 0.3 is 11.9 Å². The molecule has 0 saturated carbocycles. The van der Waals surface area contributed by atoms with Gasteiger partial charge in [-0.05, 0) is 25.1 Å². The van der Waals surface area contributed by atoms with Gasteiger partial charge in [-0.1, -0.05) is 30.1 Å². The average Bonchev–Trinajstić information content (AvgIpc) is 2.62. The number of hydrogen-bond donors (Lipinski definition) is 2. The van der Waals surface area contributed by atoms with Crippen LogP contribution in [0.25, 0.3) is 0 Å². The third-order valence-electron chi connectivity index (χ3n) is 3.87. The number of carbonyl (C=O) groups is 2. The van der Waals surface area contributed by atoms with Crippen LogP contribution in [0.5, 0.6) is 5.75 Å². The van der Waals surface area contributed by atoms with Gasteiger partial charge in [0.05, 0.1) is 16.7 Å². The summed E-state index contributed by atoms with van der Waals surface area (Å²) >= 11 is 11.8. The Morgan fingerprint density at radius 3 is 2.12 bits per heavy atom. The Morgan fingerprint density at radius 2 is 1.62 bits per heavy atom. The zero-order valence-electron chi connectivity index (χ0n) is 14.7. The Bertz CT molecular complexity index is 581. The van der Waals surface area contributed by atoms with Crippen LogP contribution >= 0.6 is 23.2 Å². The van der Waals surface area contributed by atoms with E-state index < -0.39 is 11.9 Å².